The molecule has 5 aromatic rings. The molecular formula is C43H51F3N10O6S. The number of nitrogens with one attached hydrogen (secondary N) is 3. The van der Waals surface area contributed by atoms with E-state index >= 15 is 0 Å². The molecule has 3 aliphatic rings. The zero-order valence-corrected chi connectivity index (χ0v) is 36.1. The maximum atomic E-state index is 13.7. The van der Waals surface area contributed by atoms with E-state index < -0.39 is 33.7 Å². The van der Waals surface area contributed by atoms with Crippen LogP contribution in [0.15, 0.2) is 64.7 Å². The summed E-state index contributed by atoms with van der Waals surface area (Å²) in [5.74, 6) is 0.0872. The van der Waals surface area contributed by atoms with Crippen molar-refractivity contribution in [2.45, 2.75) is 87.4 Å². The first-order chi connectivity index (χ1) is 30.0. The van der Waals surface area contributed by atoms with Crippen LogP contribution in [-0.2, 0) is 44.6 Å². The number of fused-ring (bicyclic) bond motifs is 1. The van der Waals surface area contributed by atoms with Crippen molar-refractivity contribution in [3.63, 3.8) is 0 Å². The highest BCUT2D eigenvalue weighted by molar-refractivity contribution is 7.89. The Bertz CT molecular complexity index is 2680. The van der Waals surface area contributed by atoms with Gasteiger partial charge in [0.15, 0.2) is 0 Å². The molecule has 2 saturated heterocycles. The number of aromatic nitrogens is 6. The molecule has 2 aliphatic heterocycles. The lowest BCUT2D eigenvalue weighted by Gasteiger charge is -2.36. The van der Waals surface area contributed by atoms with Gasteiger partial charge in [-0.2, -0.15) is 18.3 Å². The summed E-state index contributed by atoms with van der Waals surface area (Å²) in [6, 6.07) is 9.77. The van der Waals surface area contributed by atoms with Crippen LogP contribution in [-0.4, -0.2) is 92.9 Å². The van der Waals surface area contributed by atoms with Crippen molar-refractivity contribution in [3.05, 3.63) is 82.2 Å². The summed E-state index contributed by atoms with van der Waals surface area (Å²) in [6.07, 6.45) is 5.21. The molecule has 8 rings (SSSR count). The Labute approximate surface area is 362 Å². The highest BCUT2D eigenvalue weighted by Gasteiger charge is 2.36. The number of rotatable bonds is 13. The van der Waals surface area contributed by atoms with Crippen LogP contribution in [0, 0.1) is 12.8 Å². The van der Waals surface area contributed by atoms with Crippen LogP contribution in [0.3, 0.4) is 0 Å². The van der Waals surface area contributed by atoms with Crippen LogP contribution in [0.25, 0.3) is 22.3 Å². The number of piperidine rings is 2. The Morgan fingerprint density at radius 2 is 1.70 bits per heavy atom. The van der Waals surface area contributed by atoms with Crippen molar-refractivity contribution in [3.8, 4) is 11.3 Å². The monoisotopic (exact) mass is 892 g/mol. The number of hydrogen-bond acceptors (Lipinski definition) is 11. The zero-order valence-electron chi connectivity index (χ0n) is 35.3. The van der Waals surface area contributed by atoms with Crippen LogP contribution < -0.4 is 21.0 Å². The van der Waals surface area contributed by atoms with Gasteiger partial charge in [0.05, 0.1) is 40.5 Å². The third-order valence-electron chi connectivity index (χ3n) is 12.6. The average molecular weight is 893 g/mol. The van der Waals surface area contributed by atoms with Gasteiger partial charge in [0.1, 0.15) is 11.6 Å². The quantitative estimate of drug-likeness (QED) is 0.103. The smallest absolute Gasteiger partial charge is 0.377 e. The second-order valence-electron chi connectivity index (χ2n) is 16.9. The third kappa shape index (κ3) is 9.73. The lowest BCUT2D eigenvalue weighted by Crippen LogP contribution is -2.44. The number of nitrogens with zero attached hydrogens (tertiary/aromatic N) is 7. The maximum absolute atomic E-state index is 13.7. The maximum Gasteiger partial charge on any atom is 0.419 e. The Morgan fingerprint density at radius 1 is 0.937 bits per heavy atom. The van der Waals surface area contributed by atoms with Gasteiger partial charge in [-0.15, -0.1) is 0 Å². The molecule has 1 atom stereocenters. The molecule has 1 aliphatic carbocycles. The topological polar surface area (TPSA) is 187 Å². The number of benzene rings is 2. The number of amides is 2. The van der Waals surface area contributed by atoms with Crippen LogP contribution >= 0.6 is 0 Å². The van der Waals surface area contributed by atoms with Crippen LogP contribution in [0.1, 0.15) is 80.0 Å². The van der Waals surface area contributed by atoms with Gasteiger partial charge in [-0.25, -0.2) is 27.9 Å². The first kappa shape index (κ1) is 44.2. The number of anilines is 2. The van der Waals surface area contributed by atoms with Gasteiger partial charge in [0.25, 0.3) is 0 Å². The molecule has 3 N–H and O–H groups in total. The number of carbonyl (C=O) groups excluding carboxylic acids is 2. The van der Waals surface area contributed by atoms with E-state index in [-0.39, 0.29) is 59.4 Å². The van der Waals surface area contributed by atoms with Crippen molar-refractivity contribution in [1.82, 2.24) is 43.8 Å². The van der Waals surface area contributed by atoms with Gasteiger partial charge >= 0.3 is 11.9 Å². The summed E-state index contributed by atoms with van der Waals surface area (Å²) in [4.78, 5) is 48.1. The van der Waals surface area contributed by atoms with E-state index in [4.69, 9.17) is 4.74 Å². The Kier molecular flexibility index (Phi) is 12.6. The van der Waals surface area contributed by atoms with E-state index in [2.05, 4.69) is 47.5 Å². The molecule has 0 spiro atoms. The number of hydrogen-bond donors (Lipinski definition) is 3. The molecule has 63 heavy (non-hydrogen) atoms. The molecule has 16 nitrogen and oxygen atoms in total. The first-order valence-corrected chi connectivity index (χ1v) is 22.7. The number of imide groups is 1. The number of sulfonamides is 1. The van der Waals surface area contributed by atoms with Gasteiger partial charge < -0.3 is 15.0 Å². The number of ether oxygens (including phenoxy) is 1. The van der Waals surface area contributed by atoms with E-state index in [1.165, 1.54) is 45.4 Å². The lowest BCUT2D eigenvalue weighted by atomic mass is 9.85. The van der Waals surface area contributed by atoms with Crippen molar-refractivity contribution in [2.75, 3.05) is 38.1 Å². The number of likely N-dealkylation sites (tertiary alicyclic amines) is 1. The van der Waals surface area contributed by atoms with Crippen LogP contribution in [0.2, 0.25) is 0 Å². The largest absolute Gasteiger partial charge is 0.419 e. The predicted molar refractivity (Wildman–Crippen MR) is 228 cm³/mol. The molecule has 0 bridgehead atoms. The number of alkyl halides is 3. The van der Waals surface area contributed by atoms with Gasteiger partial charge in [-0.1, -0.05) is 6.07 Å². The summed E-state index contributed by atoms with van der Waals surface area (Å²) in [6.45, 7) is 4.99. The molecule has 20 heteroatoms. The number of imidazole rings is 1. The summed E-state index contributed by atoms with van der Waals surface area (Å²) >= 11 is 0. The van der Waals surface area contributed by atoms with E-state index in [9.17, 15) is 36.0 Å². The molecule has 5 heterocycles. The molecule has 1 saturated carbocycles. The molecule has 0 radical (unpaired) electrons. The van der Waals surface area contributed by atoms with E-state index in [0.717, 1.165) is 63.7 Å². The van der Waals surface area contributed by atoms with Gasteiger partial charge in [0.2, 0.25) is 27.8 Å². The number of halogens is 3. The molecule has 336 valence electrons. The standard InChI is InChI=1S/C43H51F3N10O6S/c1-26-20-32(9-10-34(26)50-41-47-23-33(43(44,45)46)39(52-41)30-22-48-53(2)25-30)63(60,61)49-16-19-62-31-7-4-27(5-8-31)24-55-17-14-28(15-18-55)29-6-11-35-37(21-29)54(3)42(59)56(35)36-12-13-38(57)51-40(36)58/h6,9-11,20-23,25,27-28,31,36,49H,4-5,7-8,12-19,24H2,1-3H3,(H,47,50,52)(H,51,57,58). The molecular weight excluding hydrogens is 842 g/mol. The number of carbonyl (C=O) groups is 2. The minimum Gasteiger partial charge on any atom is -0.377 e. The van der Waals surface area contributed by atoms with Crippen molar-refractivity contribution < 1.29 is 35.9 Å². The normalized spacial score (nSPS) is 20.6. The van der Waals surface area contributed by atoms with E-state index in [0.29, 0.717) is 41.2 Å². The fourth-order valence-electron chi connectivity index (χ4n) is 9.12. The fraction of sp³-hybridized carbons (Fsp3) is 0.488. The molecule has 3 aromatic heterocycles. The van der Waals surface area contributed by atoms with Crippen molar-refractivity contribution in [2.24, 2.45) is 20.0 Å². The summed E-state index contributed by atoms with van der Waals surface area (Å²) in [5, 5.41) is 9.22. The first-order valence-electron chi connectivity index (χ1n) is 21.2. The second kappa shape index (κ2) is 18.0. The summed E-state index contributed by atoms with van der Waals surface area (Å²) in [7, 11) is -0.561. The minimum atomic E-state index is -4.68. The van der Waals surface area contributed by atoms with Crippen LogP contribution in [0.4, 0.5) is 24.8 Å². The van der Waals surface area contributed by atoms with E-state index in [1.54, 1.807) is 25.6 Å². The Morgan fingerprint density at radius 3 is 2.38 bits per heavy atom. The van der Waals surface area contributed by atoms with Gasteiger partial charge in [-0.05, 0) is 118 Å². The lowest BCUT2D eigenvalue weighted by molar-refractivity contribution is -0.138. The average Bonchev–Trinajstić information content (AvgIpc) is 3.79. The highest BCUT2D eigenvalue weighted by atomic mass is 32.2. The molecule has 3 fully saturated rings. The zero-order chi connectivity index (χ0) is 44.6. The van der Waals surface area contributed by atoms with Gasteiger partial charge in [-0.3, -0.25) is 28.7 Å². The molecule has 2 amide bonds. The summed E-state index contributed by atoms with van der Waals surface area (Å²) in [5.41, 5.74) is 2.20. The predicted octanol–water partition coefficient (Wildman–Crippen LogP) is 5.31. The SMILES string of the molecule is Cc1cc(S(=O)(=O)NCCOC2CCC(CN3CCC(c4ccc5c(c4)n(C)c(=O)n5C4CCC(=O)NC4=O)CC3)CC2)ccc1Nc1ncc(C(F)(F)F)c(-c2cnn(C)c2)n1. The minimum absolute atomic E-state index is 0.0363. The highest BCUT2D eigenvalue weighted by Crippen LogP contribution is 2.37. The fourth-order valence-corrected chi connectivity index (χ4v) is 10.2. The summed E-state index contributed by atoms with van der Waals surface area (Å²) < 4.78 is 80.7. The Hall–Kier alpha value is -5.44. The molecule has 2 aromatic carbocycles. The van der Waals surface area contributed by atoms with Crippen LogP contribution in [0.5, 0.6) is 0 Å². The van der Waals surface area contributed by atoms with E-state index in [1.807, 2.05) is 6.07 Å². The molecule has 1 unspecified atom stereocenters. The van der Waals surface area contributed by atoms with Gasteiger partial charge in [0, 0.05) is 57.3 Å². The second-order valence-corrected chi connectivity index (χ2v) is 18.6. The van der Waals surface area contributed by atoms with Crippen molar-refractivity contribution >= 4 is 44.5 Å². The van der Waals surface area contributed by atoms with Crippen molar-refractivity contribution in [1.29, 1.82) is 0 Å². The Balaban J connectivity index is 0.766. The third-order valence-corrected chi connectivity index (χ3v) is 14.0. The number of aryl methyl sites for hydroxylation is 3.